The Bertz CT molecular complexity index is 434. The predicted molar refractivity (Wildman–Crippen MR) is 79.9 cm³/mol. The zero-order valence-corrected chi connectivity index (χ0v) is 12.6. The molecule has 110 valence electrons. The Labute approximate surface area is 121 Å². The van der Waals surface area contributed by atoms with Crippen molar-refractivity contribution in [2.75, 3.05) is 26.2 Å². The van der Waals surface area contributed by atoms with Gasteiger partial charge in [-0.25, -0.2) is 4.39 Å². The van der Waals surface area contributed by atoms with E-state index in [9.17, 15) is 9.65 Å². The Morgan fingerprint density at radius 3 is 2.35 bits per heavy atom. The first-order chi connectivity index (χ1) is 9.53. The summed E-state index contributed by atoms with van der Waals surface area (Å²) >= 11 is 0. The van der Waals surface area contributed by atoms with Crippen molar-refractivity contribution in [3.63, 3.8) is 0 Å². The van der Waals surface area contributed by atoms with E-state index in [-0.39, 0.29) is 5.82 Å². The molecule has 0 bridgehead atoms. The predicted octanol–water partition coefficient (Wildman–Crippen LogP) is 2.58. The molecule has 1 unspecified atom stereocenters. The van der Waals surface area contributed by atoms with Crippen molar-refractivity contribution in [2.45, 2.75) is 32.7 Å². The number of nitriles is 1. The molecule has 0 aromatic heterocycles. The van der Waals surface area contributed by atoms with E-state index in [4.69, 9.17) is 0 Å². The van der Waals surface area contributed by atoms with Crippen LogP contribution in [0.25, 0.3) is 0 Å². The van der Waals surface area contributed by atoms with Gasteiger partial charge in [0.15, 0.2) is 0 Å². The Morgan fingerprint density at radius 2 is 1.85 bits per heavy atom. The molecule has 0 aliphatic heterocycles. The molecule has 1 aromatic carbocycles. The fourth-order valence-corrected chi connectivity index (χ4v) is 2.18. The topological polar surface area (TPSA) is 39.1 Å². The largest absolute Gasteiger partial charge is 0.303 e. The number of halogens is 1. The van der Waals surface area contributed by atoms with Gasteiger partial charge < -0.3 is 4.90 Å². The van der Waals surface area contributed by atoms with Crippen LogP contribution < -0.4 is 5.32 Å². The van der Waals surface area contributed by atoms with E-state index in [2.05, 4.69) is 30.1 Å². The number of rotatable bonds is 8. The highest BCUT2D eigenvalue weighted by Crippen LogP contribution is 2.13. The third kappa shape index (κ3) is 5.28. The molecule has 0 spiro atoms. The minimum Gasteiger partial charge on any atom is -0.303 e. The van der Waals surface area contributed by atoms with E-state index in [1.165, 1.54) is 12.1 Å². The van der Waals surface area contributed by atoms with Gasteiger partial charge in [0.05, 0.1) is 6.07 Å². The maximum atomic E-state index is 12.9. The van der Waals surface area contributed by atoms with Crippen LogP contribution in [0.1, 0.15) is 26.3 Å². The summed E-state index contributed by atoms with van der Waals surface area (Å²) in [4.78, 5) is 2.31. The average molecular weight is 277 g/mol. The van der Waals surface area contributed by atoms with Crippen LogP contribution in [-0.4, -0.2) is 36.6 Å². The molecule has 0 heterocycles. The lowest BCUT2D eigenvalue weighted by atomic mass is 9.94. The molecule has 0 amide bonds. The molecule has 0 radical (unpaired) electrons. The van der Waals surface area contributed by atoms with Crippen molar-refractivity contribution in [3.8, 4) is 6.07 Å². The smallest absolute Gasteiger partial charge is 0.123 e. The van der Waals surface area contributed by atoms with Crippen molar-refractivity contribution in [1.82, 2.24) is 10.2 Å². The first-order valence-electron chi connectivity index (χ1n) is 7.16. The second-order valence-corrected chi connectivity index (χ2v) is 5.20. The Balaban J connectivity index is 2.54. The van der Waals surface area contributed by atoms with Crippen LogP contribution in [0.4, 0.5) is 4.39 Å². The maximum Gasteiger partial charge on any atom is 0.123 e. The number of hydrogen-bond acceptors (Lipinski definition) is 3. The van der Waals surface area contributed by atoms with Gasteiger partial charge in [0, 0.05) is 19.5 Å². The molecule has 20 heavy (non-hydrogen) atoms. The summed E-state index contributed by atoms with van der Waals surface area (Å²) in [5.74, 6) is -0.248. The highest BCUT2D eigenvalue weighted by Gasteiger charge is 2.23. The fourth-order valence-electron chi connectivity index (χ4n) is 2.18. The van der Waals surface area contributed by atoms with Crippen molar-refractivity contribution < 1.29 is 4.39 Å². The molecule has 0 aliphatic carbocycles. The first kappa shape index (κ1) is 16.6. The molecule has 0 saturated carbocycles. The van der Waals surface area contributed by atoms with Crippen molar-refractivity contribution in [1.29, 1.82) is 5.26 Å². The van der Waals surface area contributed by atoms with Crippen molar-refractivity contribution >= 4 is 0 Å². The maximum absolute atomic E-state index is 12.9. The Hall–Kier alpha value is -1.44. The molecule has 0 fully saturated rings. The lowest BCUT2D eigenvalue weighted by Gasteiger charge is -2.26. The molecular weight excluding hydrogens is 253 g/mol. The molecular formula is C16H24FN3. The van der Waals surface area contributed by atoms with E-state index in [0.717, 1.165) is 31.7 Å². The summed E-state index contributed by atoms with van der Waals surface area (Å²) in [6.45, 7) is 9.87. The summed E-state index contributed by atoms with van der Waals surface area (Å²) in [7, 11) is 0. The summed E-state index contributed by atoms with van der Waals surface area (Å²) in [5.41, 5.74) is 0.344. The van der Waals surface area contributed by atoms with Crippen LogP contribution in [0.15, 0.2) is 24.3 Å². The van der Waals surface area contributed by atoms with E-state index in [0.29, 0.717) is 6.42 Å². The van der Waals surface area contributed by atoms with Crippen LogP contribution >= 0.6 is 0 Å². The minimum absolute atomic E-state index is 0.248. The van der Waals surface area contributed by atoms with Gasteiger partial charge in [-0.3, -0.25) is 5.32 Å². The molecule has 1 N–H and O–H groups in total. The Kier molecular flexibility index (Phi) is 6.63. The number of hydrogen-bond donors (Lipinski definition) is 1. The highest BCUT2D eigenvalue weighted by atomic mass is 19.1. The SMILES string of the molecule is CCN(CC)CCNC(C)(C#N)Cc1ccc(F)cc1. The lowest BCUT2D eigenvalue weighted by molar-refractivity contribution is 0.289. The Morgan fingerprint density at radius 1 is 1.25 bits per heavy atom. The van der Waals surface area contributed by atoms with Gasteiger partial charge in [-0.15, -0.1) is 0 Å². The molecule has 3 nitrogen and oxygen atoms in total. The van der Waals surface area contributed by atoms with Crippen LogP contribution in [0.5, 0.6) is 0 Å². The fraction of sp³-hybridized carbons (Fsp3) is 0.562. The minimum atomic E-state index is -0.620. The van der Waals surface area contributed by atoms with Gasteiger partial charge in [0.25, 0.3) is 0 Å². The van der Waals surface area contributed by atoms with Crippen molar-refractivity contribution in [3.05, 3.63) is 35.6 Å². The van der Waals surface area contributed by atoms with Gasteiger partial charge in [-0.1, -0.05) is 26.0 Å². The second kappa shape index (κ2) is 7.98. The molecule has 0 saturated heterocycles. The standard InChI is InChI=1S/C16H24FN3/c1-4-20(5-2)11-10-19-16(3,13-18)12-14-6-8-15(17)9-7-14/h6-9,19H,4-5,10-12H2,1-3H3. The van der Waals surface area contributed by atoms with Crippen LogP contribution in [0, 0.1) is 17.1 Å². The molecule has 0 aliphatic rings. The quantitative estimate of drug-likeness (QED) is 0.794. The summed E-state index contributed by atoms with van der Waals surface area (Å²) in [6, 6.07) is 8.66. The third-order valence-corrected chi connectivity index (χ3v) is 3.56. The van der Waals surface area contributed by atoms with E-state index in [1.54, 1.807) is 12.1 Å². The average Bonchev–Trinajstić information content (AvgIpc) is 2.46. The van der Waals surface area contributed by atoms with Gasteiger partial charge in [0.2, 0.25) is 0 Å². The zero-order valence-electron chi connectivity index (χ0n) is 12.6. The number of nitrogens with one attached hydrogen (secondary N) is 1. The lowest BCUT2D eigenvalue weighted by Crippen LogP contribution is -2.46. The van der Waals surface area contributed by atoms with Gasteiger partial charge >= 0.3 is 0 Å². The van der Waals surface area contributed by atoms with Crippen molar-refractivity contribution in [2.24, 2.45) is 0 Å². The van der Waals surface area contributed by atoms with Gasteiger partial charge in [-0.2, -0.15) is 5.26 Å². The zero-order chi connectivity index (χ0) is 15.0. The first-order valence-corrected chi connectivity index (χ1v) is 7.16. The normalized spacial score (nSPS) is 14.0. The number of benzene rings is 1. The molecule has 1 aromatic rings. The van der Waals surface area contributed by atoms with Crippen LogP contribution in [0.3, 0.4) is 0 Å². The monoisotopic (exact) mass is 277 g/mol. The third-order valence-electron chi connectivity index (χ3n) is 3.56. The van der Waals surface area contributed by atoms with E-state index < -0.39 is 5.54 Å². The molecule has 1 rings (SSSR count). The van der Waals surface area contributed by atoms with Crippen LogP contribution in [0.2, 0.25) is 0 Å². The molecule has 1 atom stereocenters. The number of nitrogens with zero attached hydrogens (tertiary/aromatic N) is 2. The van der Waals surface area contributed by atoms with Gasteiger partial charge in [-0.05, 0) is 37.7 Å². The van der Waals surface area contributed by atoms with Gasteiger partial charge in [0.1, 0.15) is 11.4 Å². The van der Waals surface area contributed by atoms with Crippen LogP contribution in [-0.2, 0) is 6.42 Å². The second-order valence-electron chi connectivity index (χ2n) is 5.20. The van der Waals surface area contributed by atoms with E-state index in [1.807, 2.05) is 6.92 Å². The summed E-state index contributed by atoms with van der Waals surface area (Å²) < 4.78 is 12.9. The van der Waals surface area contributed by atoms with E-state index >= 15 is 0 Å². The molecule has 4 heteroatoms. The highest BCUT2D eigenvalue weighted by molar-refractivity contribution is 5.22. The number of likely N-dealkylation sites (N-methyl/N-ethyl adjacent to an activating group) is 1. The summed E-state index contributed by atoms with van der Waals surface area (Å²) in [5, 5.41) is 12.7. The summed E-state index contributed by atoms with van der Waals surface area (Å²) in [6.07, 6.45) is 0.571.